The average Bonchev–Trinajstić information content (AvgIpc) is 2.35. The first-order valence-electron chi connectivity index (χ1n) is 5.65. The third-order valence-electron chi connectivity index (χ3n) is 2.95. The highest BCUT2D eigenvalue weighted by Gasteiger charge is 2.13. The monoisotopic (exact) mass is 228 g/mol. The summed E-state index contributed by atoms with van der Waals surface area (Å²) in [6.07, 6.45) is 0.622. The third-order valence-corrected chi connectivity index (χ3v) is 2.95. The van der Waals surface area contributed by atoms with Gasteiger partial charge in [-0.05, 0) is 29.8 Å². The summed E-state index contributed by atoms with van der Waals surface area (Å²) < 4.78 is 0. The smallest absolute Gasteiger partial charge is 0.234 e. The van der Waals surface area contributed by atoms with Crippen LogP contribution in [0.15, 0.2) is 42.5 Å². The summed E-state index contributed by atoms with van der Waals surface area (Å²) in [5.74, 6) is -0.319. The second-order valence-corrected chi connectivity index (χ2v) is 4.13. The number of carbonyl (C=O) groups is 1. The molecule has 0 bridgehead atoms. The van der Waals surface area contributed by atoms with Crippen LogP contribution < -0.4 is 11.1 Å². The normalized spacial score (nSPS) is 12.5. The molecule has 0 aliphatic heterocycles. The minimum Gasteiger partial charge on any atom is -0.368 e. The quantitative estimate of drug-likeness (QED) is 0.832. The van der Waals surface area contributed by atoms with E-state index in [4.69, 9.17) is 5.73 Å². The van der Waals surface area contributed by atoms with Crippen LogP contribution in [0.2, 0.25) is 0 Å². The Kier molecular flexibility index (Phi) is 3.40. The molecule has 2 aromatic rings. The van der Waals surface area contributed by atoms with E-state index in [-0.39, 0.29) is 11.9 Å². The Morgan fingerprint density at radius 3 is 2.59 bits per heavy atom. The molecule has 0 heterocycles. The lowest BCUT2D eigenvalue weighted by Gasteiger charge is -2.12. The second-order valence-electron chi connectivity index (χ2n) is 4.13. The molecule has 0 saturated carbocycles. The molecule has 0 radical (unpaired) electrons. The van der Waals surface area contributed by atoms with Crippen molar-refractivity contribution in [1.82, 2.24) is 5.32 Å². The number of likely N-dealkylation sites (N-methyl/N-ethyl adjacent to an activating group) is 1. The van der Waals surface area contributed by atoms with Crippen LogP contribution in [0.25, 0.3) is 10.8 Å². The molecule has 3 heteroatoms. The van der Waals surface area contributed by atoms with Crippen molar-refractivity contribution < 1.29 is 4.79 Å². The van der Waals surface area contributed by atoms with Crippen LogP contribution in [0, 0.1) is 0 Å². The molecular formula is C14H16N2O. The number of benzene rings is 2. The van der Waals surface area contributed by atoms with E-state index in [0.717, 1.165) is 5.56 Å². The SMILES string of the molecule is CNC(Cc1ccc2ccccc2c1)C(N)=O. The van der Waals surface area contributed by atoms with E-state index in [1.54, 1.807) is 7.05 Å². The molecule has 2 rings (SSSR count). The van der Waals surface area contributed by atoms with E-state index in [1.165, 1.54) is 10.8 Å². The second kappa shape index (κ2) is 4.97. The molecule has 1 unspecified atom stereocenters. The Bertz CT molecular complexity index is 536. The number of carbonyl (C=O) groups excluding carboxylic acids is 1. The van der Waals surface area contributed by atoms with Crippen molar-refractivity contribution >= 4 is 16.7 Å². The van der Waals surface area contributed by atoms with Gasteiger partial charge in [0, 0.05) is 0 Å². The minimum absolute atomic E-state index is 0.309. The fourth-order valence-electron chi connectivity index (χ4n) is 1.95. The van der Waals surface area contributed by atoms with Crippen LogP contribution in [-0.4, -0.2) is 19.0 Å². The number of amides is 1. The van der Waals surface area contributed by atoms with Gasteiger partial charge in [0.05, 0.1) is 6.04 Å². The van der Waals surface area contributed by atoms with E-state index < -0.39 is 0 Å². The van der Waals surface area contributed by atoms with Gasteiger partial charge in [-0.15, -0.1) is 0 Å². The molecule has 0 fully saturated rings. The first-order valence-corrected chi connectivity index (χ1v) is 5.65. The van der Waals surface area contributed by atoms with Crippen molar-refractivity contribution in [3.63, 3.8) is 0 Å². The molecule has 3 nitrogen and oxygen atoms in total. The van der Waals surface area contributed by atoms with Crippen molar-refractivity contribution in [3.05, 3.63) is 48.0 Å². The highest BCUT2D eigenvalue weighted by Crippen LogP contribution is 2.16. The van der Waals surface area contributed by atoms with Crippen LogP contribution in [0.3, 0.4) is 0 Å². The summed E-state index contributed by atoms with van der Waals surface area (Å²) in [5.41, 5.74) is 6.42. The third kappa shape index (κ3) is 2.63. The minimum atomic E-state index is -0.319. The lowest BCUT2D eigenvalue weighted by Crippen LogP contribution is -2.40. The number of nitrogens with two attached hydrogens (primary N) is 1. The fraction of sp³-hybridized carbons (Fsp3) is 0.214. The fourth-order valence-corrected chi connectivity index (χ4v) is 1.95. The van der Waals surface area contributed by atoms with Gasteiger partial charge in [-0.25, -0.2) is 0 Å². The highest BCUT2D eigenvalue weighted by molar-refractivity contribution is 5.84. The van der Waals surface area contributed by atoms with Gasteiger partial charge >= 0.3 is 0 Å². The number of fused-ring (bicyclic) bond motifs is 1. The van der Waals surface area contributed by atoms with Crippen LogP contribution in [0.5, 0.6) is 0 Å². The largest absolute Gasteiger partial charge is 0.368 e. The van der Waals surface area contributed by atoms with Crippen LogP contribution >= 0.6 is 0 Å². The molecule has 1 amide bonds. The summed E-state index contributed by atoms with van der Waals surface area (Å²) in [5, 5.41) is 5.31. The molecule has 88 valence electrons. The van der Waals surface area contributed by atoms with Gasteiger partial charge in [-0.1, -0.05) is 42.5 Å². The predicted molar refractivity (Wildman–Crippen MR) is 69.7 cm³/mol. The topological polar surface area (TPSA) is 55.1 Å². The van der Waals surface area contributed by atoms with Gasteiger partial charge in [0.2, 0.25) is 5.91 Å². The number of hydrogen-bond donors (Lipinski definition) is 2. The van der Waals surface area contributed by atoms with Gasteiger partial charge in [0.25, 0.3) is 0 Å². The molecule has 0 aromatic heterocycles. The van der Waals surface area contributed by atoms with Gasteiger partial charge in [0.15, 0.2) is 0 Å². The summed E-state index contributed by atoms with van der Waals surface area (Å²) in [6, 6.07) is 14.1. The Labute approximate surface area is 101 Å². The van der Waals surface area contributed by atoms with Crippen LogP contribution in [0.1, 0.15) is 5.56 Å². The van der Waals surface area contributed by atoms with Crippen molar-refractivity contribution in [2.45, 2.75) is 12.5 Å². The number of primary amides is 1. The lowest BCUT2D eigenvalue weighted by atomic mass is 10.0. The zero-order valence-electron chi connectivity index (χ0n) is 9.81. The zero-order chi connectivity index (χ0) is 12.3. The summed E-state index contributed by atoms with van der Waals surface area (Å²) in [4.78, 5) is 11.2. The lowest BCUT2D eigenvalue weighted by molar-refractivity contribution is -0.119. The van der Waals surface area contributed by atoms with E-state index >= 15 is 0 Å². The van der Waals surface area contributed by atoms with Crippen molar-refractivity contribution in [2.24, 2.45) is 5.73 Å². The Hall–Kier alpha value is -1.87. The Morgan fingerprint density at radius 2 is 1.94 bits per heavy atom. The van der Waals surface area contributed by atoms with E-state index in [2.05, 4.69) is 29.6 Å². The van der Waals surface area contributed by atoms with E-state index in [9.17, 15) is 4.79 Å². The van der Waals surface area contributed by atoms with Crippen molar-refractivity contribution in [3.8, 4) is 0 Å². The van der Waals surface area contributed by atoms with Crippen molar-refractivity contribution in [1.29, 1.82) is 0 Å². The molecule has 3 N–H and O–H groups in total. The first kappa shape index (κ1) is 11.6. The summed E-state index contributed by atoms with van der Waals surface area (Å²) in [7, 11) is 1.75. The molecule has 1 atom stereocenters. The standard InChI is InChI=1S/C14H16N2O/c1-16-13(14(15)17)9-10-6-7-11-4-2-3-5-12(11)8-10/h2-8,13,16H,9H2,1H3,(H2,15,17). The number of nitrogens with one attached hydrogen (secondary N) is 1. The first-order chi connectivity index (χ1) is 8.20. The summed E-state index contributed by atoms with van der Waals surface area (Å²) >= 11 is 0. The number of rotatable bonds is 4. The molecule has 0 spiro atoms. The molecule has 0 saturated heterocycles. The van der Waals surface area contributed by atoms with Gasteiger partial charge < -0.3 is 11.1 Å². The molecule has 0 aliphatic rings. The van der Waals surface area contributed by atoms with Gasteiger partial charge in [-0.3, -0.25) is 4.79 Å². The molecule has 17 heavy (non-hydrogen) atoms. The maximum Gasteiger partial charge on any atom is 0.234 e. The molecule has 2 aromatic carbocycles. The molecular weight excluding hydrogens is 212 g/mol. The molecule has 0 aliphatic carbocycles. The maximum absolute atomic E-state index is 11.2. The average molecular weight is 228 g/mol. The van der Waals surface area contributed by atoms with Crippen LogP contribution in [-0.2, 0) is 11.2 Å². The Morgan fingerprint density at radius 1 is 1.24 bits per heavy atom. The Balaban J connectivity index is 2.27. The van der Waals surface area contributed by atoms with Crippen LogP contribution in [0.4, 0.5) is 0 Å². The van der Waals surface area contributed by atoms with Gasteiger partial charge in [0.1, 0.15) is 0 Å². The predicted octanol–water partition coefficient (Wildman–Crippen LogP) is 1.46. The highest BCUT2D eigenvalue weighted by atomic mass is 16.1. The number of hydrogen-bond acceptors (Lipinski definition) is 2. The zero-order valence-corrected chi connectivity index (χ0v) is 9.81. The summed E-state index contributed by atoms with van der Waals surface area (Å²) in [6.45, 7) is 0. The van der Waals surface area contributed by atoms with Gasteiger partial charge in [-0.2, -0.15) is 0 Å². The van der Waals surface area contributed by atoms with E-state index in [0.29, 0.717) is 6.42 Å². The van der Waals surface area contributed by atoms with E-state index in [1.807, 2.05) is 18.2 Å². The maximum atomic E-state index is 11.2. The van der Waals surface area contributed by atoms with Crippen molar-refractivity contribution in [2.75, 3.05) is 7.05 Å².